The Labute approximate surface area is 172 Å². The Kier molecular flexibility index (Phi) is 6.46. The molecule has 0 saturated carbocycles. The number of aryl methyl sites for hydroxylation is 2. The first-order valence-corrected chi connectivity index (χ1v) is 9.52. The average molecular weight is 409 g/mol. The number of nitrogens with one attached hydrogen (secondary N) is 1. The topological polar surface area (TPSA) is 89.3 Å². The Bertz CT molecular complexity index is 1040. The molecule has 0 radical (unpaired) electrons. The molecule has 0 bridgehead atoms. The van der Waals surface area contributed by atoms with Crippen LogP contribution in [-0.4, -0.2) is 30.4 Å². The third-order valence-electron chi connectivity index (χ3n) is 4.07. The zero-order chi connectivity index (χ0) is 20.8. The summed E-state index contributed by atoms with van der Waals surface area (Å²) in [5.41, 5.74) is 3.07. The second-order valence-electron chi connectivity index (χ2n) is 6.12. The molecule has 1 amide bonds. The van der Waals surface area contributed by atoms with Crippen LogP contribution in [0.15, 0.2) is 63.6 Å². The van der Waals surface area contributed by atoms with Crippen molar-refractivity contribution in [3.8, 4) is 11.5 Å². The molecular weight excluding hydrogens is 390 g/mol. The smallest absolute Gasteiger partial charge is 0.331 e. The van der Waals surface area contributed by atoms with Crippen molar-refractivity contribution in [2.24, 2.45) is 10.2 Å². The van der Waals surface area contributed by atoms with Crippen LogP contribution in [0, 0.1) is 13.8 Å². The number of carbonyl (C=O) groups excluding carboxylic acids is 2. The molecule has 1 aliphatic rings. The molecule has 29 heavy (non-hydrogen) atoms. The van der Waals surface area contributed by atoms with Gasteiger partial charge in [-0.15, -0.1) is 5.10 Å². The van der Waals surface area contributed by atoms with E-state index in [4.69, 9.17) is 4.74 Å². The Morgan fingerprint density at radius 2 is 1.93 bits per heavy atom. The fraction of sp³-hybridized carbons (Fsp3) is 0.143. The van der Waals surface area contributed by atoms with E-state index in [2.05, 4.69) is 20.3 Å². The van der Waals surface area contributed by atoms with Gasteiger partial charge in [-0.1, -0.05) is 18.2 Å². The fourth-order valence-electron chi connectivity index (χ4n) is 2.37. The Hall–Kier alpha value is -3.39. The summed E-state index contributed by atoms with van der Waals surface area (Å²) in [6, 6.07) is 13.3. The summed E-state index contributed by atoms with van der Waals surface area (Å²) < 4.78 is 10.5. The number of hydrogen-bond acceptors (Lipinski definition) is 7. The number of benzene rings is 2. The molecule has 3 rings (SSSR count). The van der Waals surface area contributed by atoms with Gasteiger partial charge >= 0.3 is 5.97 Å². The largest absolute Gasteiger partial charge is 0.466 e. The third-order valence-corrected chi connectivity index (χ3v) is 4.97. The van der Waals surface area contributed by atoms with Gasteiger partial charge in [-0.3, -0.25) is 10.1 Å². The van der Waals surface area contributed by atoms with Gasteiger partial charge < -0.3 is 9.47 Å². The average Bonchev–Trinajstić information content (AvgIpc) is 3.05. The lowest BCUT2D eigenvalue weighted by Crippen LogP contribution is -2.19. The van der Waals surface area contributed by atoms with E-state index in [1.165, 1.54) is 18.9 Å². The highest BCUT2D eigenvalue weighted by Gasteiger charge is 2.25. The molecule has 148 valence electrons. The minimum absolute atomic E-state index is 0.198. The molecule has 0 aromatic heterocycles. The monoisotopic (exact) mass is 409 g/mol. The normalized spacial score (nSPS) is 16.4. The van der Waals surface area contributed by atoms with Crippen LogP contribution in [0.25, 0.3) is 0 Å². The van der Waals surface area contributed by atoms with Crippen LogP contribution in [0.5, 0.6) is 11.5 Å². The predicted molar refractivity (Wildman–Crippen MR) is 113 cm³/mol. The molecule has 0 atom stereocenters. The number of nitrogens with zero attached hydrogens (tertiary/aromatic N) is 2. The van der Waals surface area contributed by atoms with Crippen LogP contribution < -0.4 is 10.1 Å². The minimum atomic E-state index is -0.607. The highest BCUT2D eigenvalue weighted by Crippen LogP contribution is 2.26. The Morgan fingerprint density at radius 1 is 1.14 bits per heavy atom. The number of esters is 1. The number of rotatable bonds is 5. The molecule has 7 nitrogen and oxygen atoms in total. The molecule has 1 aliphatic heterocycles. The van der Waals surface area contributed by atoms with E-state index in [9.17, 15) is 9.59 Å². The van der Waals surface area contributed by atoms with E-state index in [0.29, 0.717) is 5.75 Å². The first kappa shape index (κ1) is 20.3. The summed E-state index contributed by atoms with van der Waals surface area (Å²) in [6.45, 7) is 4.08. The number of para-hydroxylation sites is 1. The summed E-state index contributed by atoms with van der Waals surface area (Å²) in [4.78, 5) is 23.3. The lowest BCUT2D eigenvalue weighted by Gasteiger charge is -2.10. The summed E-state index contributed by atoms with van der Waals surface area (Å²) in [5.74, 6) is 0.336. The molecule has 1 N–H and O–H groups in total. The van der Waals surface area contributed by atoms with Crippen molar-refractivity contribution >= 4 is 35.0 Å². The Morgan fingerprint density at radius 3 is 2.69 bits per heavy atom. The SMILES string of the molecule is COC(=O)/C=C1/S/C(=N\N=Cc2ccccc2Oc2ccc(C)c(C)c2)NC1=O. The summed E-state index contributed by atoms with van der Waals surface area (Å²) in [5, 5.41) is 10.8. The molecule has 2 aromatic rings. The standard InChI is InChI=1S/C21H19N3O4S/c1-13-8-9-16(10-14(13)2)28-17-7-5-4-6-15(17)12-22-24-21-23-20(26)18(29-21)11-19(25)27-3/h4-12H,1-3H3,(H,23,24,26)/b18-11+,22-12?. The molecule has 1 saturated heterocycles. The third kappa shape index (κ3) is 5.32. The van der Waals surface area contributed by atoms with Gasteiger partial charge in [0.1, 0.15) is 11.5 Å². The quantitative estimate of drug-likeness (QED) is 0.352. The van der Waals surface area contributed by atoms with E-state index in [1.54, 1.807) is 0 Å². The van der Waals surface area contributed by atoms with Crippen molar-refractivity contribution in [1.82, 2.24) is 5.32 Å². The van der Waals surface area contributed by atoms with Gasteiger partial charge in [-0.2, -0.15) is 5.10 Å². The second-order valence-corrected chi connectivity index (χ2v) is 7.15. The maximum atomic E-state index is 11.8. The zero-order valence-corrected chi connectivity index (χ0v) is 16.9. The van der Waals surface area contributed by atoms with Crippen molar-refractivity contribution in [2.75, 3.05) is 7.11 Å². The number of methoxy groups -OCH3 is 1. The lowest BCUT2D eigenvalue weighted by atomic mass is 10.1. The van der Waals surface area contributed by atoms with E-state index in [1.807, 2.05) is 56.3 Å². The van der Waals surface area contributed by atoms with Crippen molar-refractivity contribution in [3.63, 3.8) is 0 Å². The van der Waals surface area contributed by atoms with Crippen molar-refractivity contribution in [2.45, 2.75) is 13.8 Å². The van der Waals surface area contributed by atoms with Gasteiger partial charge in [0.2, 0.25) is 0 Å². The summed E-state index contributed by atoms with van der Waals surface area (Å²) in [7, 11) is 1.24. The fourth-order valence-corrected chi connectivity index (χ4v) is 3.11. The highest BCUT2D eigenvalue weighted by molar-refractivity contribution is 8.18. The number of amides is 1. The number of thioether (sulfide) groups is 1. The van der Waals surface area contributed by atoms with Gasteiger partial charge in [0, 0.05) is 11.6 Å². The minimum Gasteiger partial charge on any atom is -0.466 e. The molecule has 1 heterocycles. The van der Waals surface area contributed by atoms with Gasteiger partial charge in [-0.25, -0.2) is 4.79 Å². The second kappa shape index (κ2) is 9.20. The molecule has 0 aliphatic carbocycles. The maximum Gasteiger partial charge on any atom is 0.331 e. The number of ether oxygens (including phenoxy) is 2. The van der Waals surface area contributed by atoms with Gasteiger partial charge in [0.25, 0.3) is 5.91 Å². The van der Waals surface area contributed by atoms with Gasteiger partial charge in [0.05, 0.1) is 18.2 Å². The van der Waals surface area contributed by atoms with E-state index < -0.39 is 11.9 Å². The van der Waals surface area contributed by atoms with Gasteiger partial charge in [-0.05, 0) is 61.0 Å². The molecule has 2 aromatic carbocycles. The molecule has 0 unspecified atom stereocenters. The van der Waals surface area contributed by atoms with Crippen LogP contribution in [0.3, 0.4) is 0 Å². The van der Waals surface area contributed by atoms with E-state index in [-0.39, 0.29) is 10.1 Å². The van der Waals surface area contributed by atoms with Crippen LogP contribution >= 0.6 is 11.8 Å². The molecule has 8 heteroatoms. The van der Waals surface area contributed by atoms with Crippen LogP contribution in [0.2, 0.25) is 0 Å². The maximum absolute atomic E-state index is 11.8. The first-order chi connectivity index (χ1) is 14.0. The van der Waals surface area contributed by atoms with Crippen LogP contribution in [0.4, 0.5) is 0 Å². The van der Waals surface area contributed by atoms with Crippen LogP contribution in [0.1, 0.15) is 16.7 Å². The van der Waals surface area contributed by atoms with Crippen molar-refractivity contribution in [1.29, 1.82) is 0 Å². The molecular formula is C21H19N3O4S. The zero-order valence-electron chi connectivity index (χ0n) is 16.1. The highest BCUT2D eigenvalue weighted by atomic mass is 32.2. The number of amidine groups is 1. The summed E-state index contributed by atoms with van der Waals surface area (Å²) in [6.07, 6.45) is 2.65. The first-order valence-electron chi connectivity index (χ1n) is 8.70. The van der Waals surface area contributed by atoms with Crippen LogP contribution in [-0.2, 0) is 14.3 Å². The molecule has 1 fully saturated rings. The van der Waals surface area contributed by atoms with Gasteiger partial charge in [0.15, 0.2) is 5.17 Å². The van der Waals surface area contributed by atoms with Crippen molar-refractivity contribution < 1.29 is 19.1 Å². The Balaban J connectivity index is 1.74. The van der Waals surface area contributed by atoms with E-state index >= 15 is 0 Å². The lowest BCUT2D eigenvalue weighted by molar-refractivity contribution is -0.135. The molecule has 0 spiro atoms. The van der Waals surface area contributed by atoms with Crippen molar-refractivity contribution in [3.05, 3.63) is 70.1 Å². The summed E-state index contributed by atoms with van der Waals surface area (Å²) >= 11 is 1.01. The number of hydrogen-bond donors (Lipinski definition) is 1. The van der Waals surface area contributed by atoms with E-state index in [0.717, 1.165) is 34.7 Å². The number of carbonyl (C=O) groups is 2. The predicted octanol–water partition coefficient (Wildman–Crippen LogP) is 3.71.